The molecule has 2 amide bonds. The third kappa shape index (κ3) is 9.58. The standard InChI is InChI=1S/C24H43NO2/c1-4-6-8-10-11-12-14-15-17-21(3)22(18-16-13-9-7-5-2)25-23(26)19-20-24(25)27/h17,22H,4-16,18-20H2,1-3H3. The highest BCUT2D eigenvalue weighted by atomic mass is 16.2. The summed E-state index contributed by atoms with van der Waals surface area (Å²) < 4.78 is 0. The number of unbranched alkanes of at least 4 members (excludes halogenated alkanes) is 11. The monoisotopic (exact) mass is 377 g/mol. The van der Waals surface area contributed by atoms with Crippen LogP contribution in [0.25, 0.3) is 0 Å². The summed E-state index contributed by atoms with van der Waals surface area (Å²) in [6, 6.07) is -0.00122. The van der Waals surface area contributed by atoms with Crippen LogP contribution in [-0.2, 0) is 9.59 Å². The molecule has 0 aliphatic carbocycles. The third-order valence-corrected chi connectivity index (χ3v) is 5.78. The van der Waals surface area contributed by atoms with Crippen LogP contribution in [0.5, 0.6) is 0 Å². The Balaban J connectivity index is 2.47. The maximum Gasteiger partial charge on any atom is 0.230 e. The molecular weight excluding hydrogens is 334 g/mol. The molecule has 1 unspecified atom stereocenters. The lowest BCUT2D eigenvalue weighted by atomic mass is 9.97. The normalized spacial score (nSPS) is 16.4. The van der Waals surface area contributed by atoms with Crippen LogP contribution in [0.1, 0.15) is 124 Å². The summed E-state index contributed by atoms with van der Waals surface area (Å²) >= 11 is 0. The van der Waals surface area contributed by atoms with Crippen molar-refractivity contribution >= 4 is 11.8 Å². The van der Waals surface area contributed by atoms with E-state index in [4.69, 9.17) is 0 Å². The van der Waals surface area contributed by atoms with Crippen molar-refractivity contribution in [3.8, 4) is 0 Å². The summed E-state index contributed by atoms with van der Waals surface area (Å²) in [5.41, 5.74) is 1.22. The van der Waals surface area contributed by atoms with Crippen molar-refractivity contribution in [3.05, 3.63) is 11.6 Å². The quantitative estimate of drug-likeness (QED) is 0.166. The fourth-order valence-corrected chi connectivity index (χ4v) is 4.01. The first-order valence-corrected chi connectivity index (χ1v) is 11.6. The van der Waals surface area contributed by atoms with E-state index in [2.05, 4.69) is 26.8 Å². The van der Waals surface area contributed by atoms with Crippen molar-refractivity contribution in [2.45, 2.75) is 130 Å². The van der Waals surface area contributed by atoms with Gasteiger partial charge in [-0.15, -0.1) is 0 Å². The second-order valence-electron chi connectivity index (χ2n) is 8.23. The zero-order valence-electron chi connectivity index (χ0n) is 18.2. The fourth-order valence-electron chi connectivity index (χ4n) is 4.01. The van der Waals surface area contributed by atoms with Crippen LogP contribution in [0.15, 0.2) is 11.6 Å². The molecule has 0 aromatic rings. The van der Waals surface area contributed by atoms with Gasteiger partial charge in [0.05, 0.1) is 6.04 Å². The molecule has 1 heterocycles. The van der Waals surface area contributed by atoms with Crippen molar-refractivity contribution < 1.29 is 9.59 Å². The largest absolute Gasteiger partial charge is 0.275 e. The molecule has 27 heavy (non-hydrogen) atoms. The van der Waals surface area contributed by atoms with Gasteiger partial charge < -0.3 is 0 Å². The Morgan fingerprint density at radius 3 is 1.85 bits per heavy atom. The summed E-state index contributed by atoms with van der Waals surface area (Å²) in [5, 5.41) is 0. The van der Waals surface area contributed by atoms with Crippen LogP contribution in [0.3, 0.4) is 0 Å². The average Bonchev–Trinajstić information content (AvgIpc) is 2.99. The van der Waals surface area contributed by atoms with Gasteiger partial charge in [-0.25, -0.2) is 0 Å². The smallest absolute Gasteiger partial charge is 0.230 e. The van der Waals surface area contributed by atoms with Crippen LogP contribution in [0.4, 0.5) is 0 Å². The summed E-state index contributed by atoms with van der Waals surface area (Å²) in [5.74, 6) is 0.0597. The number of hydrogen-bond acceptors (Lipinski definition) is 2. The molecule has 1 aliphatic heterocycles. The van der Waals surface area contributed by atoms with Crippen LogP contribution in [0, 0.1) is 0 Å². The molecule has 156 valence electrons. The van der Waals surface area contributed by atoms with Crippen molar-refractivity contribution in [1.82, 2.24) is 4.90 Å². The Labute approximate surface area is 168 Å². The minimum atomic E-state index is -0.00122. The molecule has 1 fully saturated rings. The first-order valence-electron chi connectivity index (χ1n) is 11.6. The van der Waals surface area contributed by atoms with E-state index in [-0.39, 0.29) is 17.9 Å². The Hall–Kier alpha value is -1.12. The Kier molecular flexibility index (Phi) is 13.2. The van der Waals surface area contributed by atoms with E-state index in [9.17, 15) is 9.59 Å². The van der Waals surface area contributed by atoms with E-state index in [0.29, 0.717) is 12.8 Å². The predicted molar refractivity (Wildman–Crippen MR) is 115 cm³/mol. The maximum absolute atomic E-state index is 12.2. The molecule has 0 saturated carbocycles. The summed E-state index contributed by atoms with van der Waals surface area (Å²) in [4.78, 5) is 26.1. The number of imide groups is 1. The molecule has 3 heteroatoms. The number of nitrogens with zero attached hydrogens (tertiary/aromatic N) is 1. The number of carbonyl (C=O) groups excluding carboxylic acids is 2. The number of amides is 2. The van der Waals surface area contributed by atoms with Crippen molar-refractivity contribution in [2.24, 2.45) is 0 Å². The summed E-state index contributed by atoms with van der Waals surface area (Å²) in [7, 11) is 0. The lowest BCUT2D eigenvalue weighted by molar-refractivity contribution is -0.140. The molecule has 1 atom stereocenters. The molecule has 1 aliphatic rings. The van der Waals surface area contributed by atoms with Gasteiger partial charge in [-0.1, -0.05) is 96.1 Å². The molecule has 0 aromatic carbocycles. The van der Waals surface area contributed by atoms with Gasteiger partial charge in [-0.05, 0) is 26.2 Å². The number of rotatable bonds is 16. The van der Waals surface area contributed by atoms with Crippen LogP contribution < -0.4 is 0 Å². The summed E-state index contributed by atoms with van der Waals surface area (Å²) in [6.07, 6.45) is 20.4. The molecule has 0 radical (unpaired) electrons. The highest BCUT2D eigenvalue weighted by Gasteiger charge is 2.35. The molecule has 0 bridgehead atoms. The summed E-state index contributed by atoms with van der Waals surface area (Å²) in [6.45, 7) is 6.60. The minimum absolute atomic E-state index is 0.00122. The predicted octanol–water partition coefficient (Wildman–Crippen LogP) is 6.95. The van der Waals surface area contributed by atoms with Gasteiger partial charge >= 0.3 is 0 Å². The average molecular weight is 378 g/mol. The Morgan fingerprint density at radius 2 is 1.30 bits per heavy atom. The lowest BCUT2D eigenvalue weighted by Gasteiger charge is -2.27. The molecule has 0 aromatic heterocycles. The molecule has 0 N–H and O–H groups in total. The third-order valence-electron chi connectivity index (χ3n) is 5.78. The van der Waals surface area contributed by atoms with Crippen LogP contribution in [-0.4, -0.2) is 22.8 Å². The molecule has 0 spiro atoms. The number of likely N-dealkylation sites (tertiary alicyclic amines) is 1. The highest BCUT2D eigenvalue weighted by Crippen LogP contribution is 2.25. The van der Waals surface area contributed by atoms with Gasteiger partial charge in [0.2, 0.25) is 11.8 Å². The van der Waals surface area contributed by atoms with E-state index < -0.39 is 0 Å². The van der Waals surface area contributed by atoms with E-state index in [1.807, 2.05) is 0 Å². The van der Waals surface area contributed by atoms with E-state index in [1.54, 1.807) is 4.90 Å². The van der Waals surface area contributed by atoms with Crippen molar-refractivity contribution in [1.29, 1.82) is 0 Å². The zero-order chi connectivity index (χ0) is 19.9. The van der Waals surface area contributed by atoms with Gasteiger partial charge in [0.25, 0.3) is 0 Å². The Bertz CT molecular complexity index is 439. The minimum Gasteiger partial charge on any atom is -0.275 e. The molecule has 1 rings (SSSR count). The highest BCUT2D eigenvalue weighted by molar-refractivity contribution is 6.02. The van der Waals surface area contributed by atoms with Gasteiger partial charge in [-0.2, -0.15) is 0 Å². The first-order chi connectivity index (χ1) is 13.1. The lowest BCUT2D eigenvalue weighted by Crippen LogP contribution is -2.40. The van der Waals surface area contributed by atoms with E-state index in [1.165, 1.54) is 76.2 Å². The number of allylic oxidation sites excluding steroid dienone is 1. The van der Waals surface area contributed by atoms with Gasteiger partial charge in [-0.3, -0.25) is 14.5 Å². The fraction of sp³-hybridized carbons (Fsp3) is 0.833. The topological polar surface area (TPSA) is 37.4 Å². The van der Waals surface area contributed by atoms with Crippen LogP contribution >= 0.6 is 0 Å². The second kappa shape index (κ2) is 14.9. The SMILES string of the molecule is CCCCCCCCCC=C(C)C(CCCCCCC)N1C(=O)CCC1=O. The van der Waals surface area contributed by atoms with Crippen LogP contribution in [0.2, 0.25) is 0 Å². The number of carbonyl (C=O) groups is 2. The zero-order valence-corrected chi connectivity index (χ0v) is 18.2. The molecular formula is C24H43NO2. The van der Waals surface area contributed by atoms with E-state index >= 15 is 0 Å². The van der Waals surface area contributed by atoms with Crippen molar-refractivity contribution in [3.63, 3.8) is 0 Å². The number of hydrogen-bond donors (Lipinski definition) is 0. The Morgan fingerprint density at radius 1 is 0.815 bits per heavy atom. The van der Waals surface area contributed by atoms with Crippen molar-refractivity contribution in [2.75, 3.05) is 0 Å². The second-order valence-corrected chi connectivity index (χ2v) is 8.23. The van der Waals surface area contributed by atoms with Gasteiger partial charge in [0, 0.05) is 12.8 Å². The molecule has 3 nitrogen and oxygen atoms in total. The van der Waals surface area contributed by atoms with Gasteiger partial charge in [0.15, 0.2) is 0 Å². The molecule has 1 saturated heterocycles. The van der Waals surface area contributed by atoms with E-state index in [0.717, 1.165) is 19.3 Å². The van der Waals surface area contributed by atoms with Gasteiger partial charge in [0.1, 0.15) is 0 Å². The first kappa shape index (κ1) is 23.9. The maximum atomic E-state index is 12.2.